The highest BCUT2D eigenvalue weighted by molar-refractivity contribution is 7.90. The summed E-state index contributed by atoms with van der Waals surface area (Å²) in [5.74, 6) is -1.11. The molecule has 9 heteroatoms. The minimum absolute atomic E-state index is 0.0248. The highest BCUT2D eigenvalue weighted by atomic mass is 32.2. The first kappa shape index (κ1) is 22.1. The van der Waals surface area contributed by atoms with Crippen molar-refractivity contribution in [3.8, 4) is 6.07 Å². The monoisotopic (exact) mass is 439 g/mol. The Morgan fingerprint density at radius 2 is 1.65 bits per heavy atom. The lowest BCUT2D eigenvalue weighted by Crippen LogP contribution is -2.28. The van der Waals surface area contributed by atoms with Crippen LogP contribution in [0.2, 0.25) is 0 Å². The first-order chi connectivity index (χ1) is 14.6. The summed E-state index contributed by atoms with van der Waals surface area (Å²) >= 11 is 0. The van der Waals surface area contributed by atoms with Gasteiger partial charge in [0.1, 0.15) is 17.5 Å². The number of esters is 1. The second kappa shape index (κ2) is 8.24. The number of hydrogen-bond donors (Lipinski definition) is 0. The van der Waals surface area contributed by atoms with Gasteiger partial charge in [-0.1, -0.05) is 18.2 Å². The smallest absolute Gasteiger partial charge is 0.338 e. The van der Waals surface area contributed by atoms with Gasteiger partial charge < -0.3 is 14.5 Å². The van der Waals surface area contributed by atoms with Crippen LogP contribution in [0.1, 0.15) is 15.9 Å². The molecule has 0 fully saturated rings. The SMILES string of the molecule is Cc1ccc(S(C)(=O)=O)cc1C(=O)OCC(=O)C(C#N)=C1N(C)c2ccccc2N1C. The Morgan fingerprint density at radius 1 is 1.06 bits per heavy atom. The third-order valence-electron chi connectivity index (χ3n) is 5.05. The Bertz CT molecular complexity index is 1230. The number of aryl methyl sites for hydroxylation is 1. The maximum atomic E-state index is 12.7. The third kappa shape index (κ3) is 4.15. The number of sulfone groups is 1. The molecule has 2 aromatic rings. The van der Waals surface area contributed by atoms with E-state index < -0.39 is 28.2 Å². The van der Waals surface area contributed by atoms with Crippen LogP contribution in [0, 0.1) is 18.3 Å². The van der Waals surface area contributed by atoms with E-state index in [0.29, 0.717) is 11.4 Å². The number of fused-ring (bicyclic) bond motifs is 1. The zero-order valence-electron chi connectivity index (χ0n) is 17.5. The molecule has 160 valence electrons. The van der Waals surface area contributed by atoms with Crippen LogP contribution in [0.5, 0.6) is 0 Å². The van der Waals surface area contributed by atoms with Crippen LogP contribution in [-0.2, 0) is 19.4 Å². The fourth-order valence-electron chi connectivity index (χ4n) is 3.39. The number of carbonyl (C=O) groups excluding carboxylic acids is 2. The van der Waals surface area contributed by atoms with Crippen LogP contribution >= 0.6 is 0 Å². The zero-order valence-corrected chi connectivity index (χ0v) is 18.4. The molecule has 0 saturated carbocycles. The van der Waals surface area contributed by atoms with Crippen molar-refractivity contribution in [3.05, 3.63) is 65.0 Å². The van der Waals surface area contributed by atoms with Crippen LogP contribution in [-0.4, -0.2) is 47.1 Å². The molecule has 2 aromatic carbocycles. The first-order valence-electron chi connectivity index (χ1n) is 9.28. The van der Waals surface area contributed by atoms with Crippen molar-refractivity contribution in [2.45, 2.75) is 11.8 Å². The normalized spacial score (nSPS) is 12.9. The molecule has 1 heterocycles. The van der Waals surface area contributed by atoms with Gasteiger partial charge in [-0.25, -0.2) is 13.2 Å². The van der Waals surface area contributed by atoms with Crippen molar-refractivity contribution < 1.29 is 22.7 Å². The standard InChI is InChI=1S/C22H21N3O5S/c1-14-9-10-15(31(4,28)29)11-16(14)22(27)30-13-20(26)17(12-23)21-24(2)18-7-5-6-8-19(18)25(21)3/h5-11H,13H2,1-4H3. The van der Waals surface area contributed by atoms with Gasteiger partial charge in [-0.05, 0) is 36.8 Å². The van der Waals surface area contributed by atoms with Gasteiger partial charge in [-0.15, -0.1) is 0 Å². The number of para-hydroxylation sites is 2. The summed E-state index contributed by atoms with van der Waals surface area (Å²) in [5, 5.41) is 9.63. The molecule has 0 radical (unpaired) electrons. The van der Waals surface area contributed by atoms with E-state index in [4.69, 9.17) is 4.74 Å². The lowest BCUT2D eigenvalue weighted by molar-refractivity contribution is -0.118. The number of ether oxygens (including phenoxy) is 1. The van der Waals surface area contributed by atoms with Gasteiger partial charge in [0, 0.05) is 20.4 Å². The molecule has 0 N–H and O–H groups in total. The Kier molecular flexibility index (Phi) is 5.86. The van der Waals surface area contributed by atoms with Gasteiger partial charge in [-0.3, -0.25) is 4.79 Å². The Morgan fingerprint density at radius 3 is 2.16 bits per heavy atom. The molecule has 1 aliphatic rings. The van der Waals surface area contributed by atoms with Crippen LogP contribution in [0.3, 0.4) is 0 Å². The zero-order chi connectivity index (χ0) is 22.9. The Balaban J connectivity index is 1.83. The number of anilines is 2. The molecule has 31 heavy (non-hydrogen) atoms. The lowest BCUT2D eigenvalue weighted by Gasteiger charge is -2.19. The van der Waals surface area contributed by atoms with Crippen molar-refractivity contribution in [1.82, 2.24) is 0 Å². The van der Waals surface area contributed by atoms with Crippen LogP contribution in [0.4, 0.5) is 11.4 Å². The van der Waals surface area contributed by atoms with Gasteiger partial charge >= 0.3 is 5.97 Å². The van der Waals surface area contributed by atoms with E-state index in [9.17, 15) is 23.3 Å². The highest BCUT2D eigenvalue weighted by Gasteiger charge is 2.31. The van der Waals surface area contributed by atoms with E-state index in [1.165, 1.54) is 18.2 Å². The van der Waals surface area contributed by atoms with Crippen molar-refractivity contribution >= 4 is 33.0 Å². The molecule has 0 bridgehead atoms. The first-order valence-corrected chi connectivity index (χ1v) is 11.2. The number of ketones is 1. The average molecular weight is 439 g/mol. The van der Waals surface area contributed by atoms with E-state index in [1.807, 2.05) is 30.3 Å². The van der Waals surface area contributed by atoms with Crippen LogP contribution in [0.15, 0.2) is 58.8 Å². The molecule has 1 aliphatic heterocycles. The Labute approximate surface area is 180 Å². The fraction of sp³-hybridized carbons (Fsp3) is 0.227. The molecule has 3 rings (SSSR count). The largest absolute Gasteiger partial charge is 0.454 e. The highest BCUT2D eigenvalue weighted by Crippen LogP contribution is 2.40. The molecule has 0 atom stereocenters. The summed E-state index contributed by atoms with van der Waals surface area (Å²) in [4.78, 5) is 28.7. The minimum atomic E-state index is -3.51. The van der Waals surface area contributed by atoms with Gasteiger partial charge in [0.05, 0.1) is 21.8 Å². The lowest BCUT2D eigenvalue weighted by atomic mass is 10.1. The predicted molar refractivity (Wildman–Crippen MR) is 115 cm³/mol. The molecule has 0 saturated heterocycles. The number of benzene rings is 2. The van der Waals surface area contributed by atoms with Crippen molar-refractivity contribution in [3.63, 3.8) is 0 Å². The summed E-state index contributed by atoms with van der Waals surface area (Å²) < 4.78 is 28.6. The number of Topliss-reactive ketones (excluding diaryl/α,β-unsaturated/α-hetero) is 1. The van der Waals surface area contributed by atoms with E-state index in [0.717, 1.165) is 17.6 Å². The van der Waals surface area contributed by atoms with Gasteiger partial charge in [0.25, 0.3) is 0 Å². The van der Waals surface area contributed by atoms with E-state index in [1.54, 1.807) is 30.8 Å². The van der Waals surface area contributed by atoms with Crippen LogP contribution < -0.4 is 9.80 Å². The Hall–Kier alpha value is -3.64. The maximum Gasteiger partial charge on any atom is 0.338 e. The molecule has 0 aromatic heterocycles. The molecule has 0 spiro atoms. The molecule has 8 nitrogen and oxygen atoms in total. The molecule has 0 amide bonds. The second-order valence-corrected chi connectivity index (χ2v) is 9.18. The molecular weight excluding hydrogens is 418 g/mol. The van der Waals surface area contributed by atoms with Crippen molar-refractivity contribution in [2.75, 3.05) is 36.8 Å². The number of hydrogen-bond acceptors (Lipinski definition) is 8. The third-order valence-corrected chi connectivity index (χ3v) is 6.16. The number of nitrogens with zero attached hydrogens (tertiary/aromatic N) is 3. The summed E-state index contributed by atoms with van der Waals surface area (Å²) in [7, 11) is -0.0213. The summed E-state index contributed by atoms with van der Waals surface area (Å²) in [6.45, 7) is 0.985. The number of rotatable bonds is 5. The summed E-state index contributed by atoms with van der Waals surface area (Å²) in [6.07, 6.45) is 1.04. The van der Waals surface area contributed by atoms with Gasteiger partial charge in [-0.2, -0.15) is 5.26 Å². The van der Waals surface area contributed by atoms with E-state index >= 15 is 0 Å². The molecule has 0 aliphatic carbocycles. The summed E-state index contributed by atoms with van der Waals surface area (Å²) in [6, 6.07) is 13.5. The fourth-order valence-corrected chi connectivity index (χ4v) is 4.04. The summed E-state index contributed by atoms with van der Waals surface area (Å²) in [5.41, 5.74) is 2.09. The number of nitriles is 1. The average Bonchev–Trinajstić information content (AvgIpc) is 2.97. The van der Waals surface area contributed by atoms with E-state index in [-0.39, 0.29) is 16.0 Å². The molecule has 0 unspecified atom stereocenters. The maximum absolute atomic E-state index is 12.7. The van der Waals surface area contributed by atoms with Crippen LogP contribution in [0.25, 0.3) is 0 Å². The van der Waals surface area contributed by atoms with E-state index in [2.05, 4.69) is 0 Å². The molecular formula is C22H21N3O5S. The van der Waals surface area contributed by atoms with Gasteiger partial charge in [0.2, 0.25) is 5.78 Å². The van der Waals surface area contributed by atoms with Gasteiger partial charge in [0.15, 0.2) is 16.4 Å². The topological polar surface area (TPSA) is 108 Å². The quantitative estimate of drug-likeness (QED) is 0.397. The minimum Gasteiger partial charge on any atom is -0.454 e. The predicted octanol–water partition coefficient (Wildman–Crippen LogP) is 2.45. The van der Waals surface area contributed by atoms with Crippen molar-refractivity contribution in [2.24, 2.45) is 0 Å². The number of carbonyl (C=O) groups is 2. The van der Waals surface area contributed by atoms with Crippen molar-refractivity contribution in [1.29, 1.82) is 5.26 Å². The second-order valence-electron chi connectivity index (χ2n) is 7.17.